The first-order valence-corrected chi connectivity index (χ1v) is 11.5. The summed E-state index contributed by atoms with van der Waals surface area (Å²) in [4.78, 5) is 17.8. The lowest BCUT2D eigenvalue weighted by molar-refractivity contribution is -0.0462. The average Bonchev–Trinajstić information content (AvgIpc) is 2.79. The van der Waals surface area contributed by atoms with Gasteiger partial charge in [-0.05, 0) is 66.4 Å². The van der Waals surface area contributed by atoms with Crippen LogP contribution in [0.3, 0.4) is 0 Å². The van der Waals surface area contributed by atoms with Crippen LogP contribution in [0.15, 0.2) is 48.5 Å². The van der Waals surface area contributed by atoms with Crippen LogP contribution in [0, 0.1) is 5.92 Å². The number of piperidine rings is 3. The highest BCUT2D eigenvalue weighted by Crippen LogP contribution is 2.38. The zero-order valence-corrected chi connectivity index (χ0v) is 18.1. The number of benzene rings is 2. The topological polar surface area (TPSA) is 32.8 Å². The van der Waals surface area contributed by atoms with E-state index in [0.29, 0.717) is 18.4 Å². The molecule has 4 heteroatoms. The first kappa shape index (κ1) is 19.6. The van der Waals surface area contributed by atoms with E-state index in [-0.39, 0.29) is 18.2 Å². The predicted octanol–water partition coefficient (Wildman–Crippen LogP) is 4.99. The lowest BCUT2D eigenvalue weighted by Gasteiger charge is -2.45. The minimum Gasteiger partial charge on any atom is -0.444 e. The first-order valence-electron chi connectivity index (χ1n) is 11.5. The summed E-state index contributed by atoms with van der Waals surface area (Å²) in [6, 6.07) is 17.2. The molecule has 2 aromatic rings. The fourth-order valence-corrected chi connectivity index (χ4v) is 5.43. The zero-order chi connectivity index (χ0) is 20.7. The van der Waals surface area contributed by atoms with Crippen molar-refractivity contribution in [3.63, 3.8) is 0 Å². The Kier molecular flexibility index (Phi) is 5.28. The summed E-state index contributed by atoms with van der Waals surface area (Å²) in [6.07, 6.45) is 3.08. The van der Waals surface area contributed by atoms with Gasteiger partial charge in [0, 0.05) is 13.1 Å². The van der Waals surface area contributed by atoms with Crippen LogP contribution in [0.1, 0.15) is 60.9 Å². The lowest BCUT2D eigenvalue weighted by atomic mass is 9.85. The molecule has 0 spiro atoms. The molecule has 4 nitrogen and oxygen atoms in total. The van der Waals surface area contributed by atoms with Crippen LogP contribution in [0.4, 0.5) is 4.79 Å². The number of hydrogen-bond donors (Lipinski definition) is 0. The van der Waals surface area contributed by atoms with Gasteiger partial charge in [-0.1, -0.05) is 62.4 Å². The minimum atomic E-state index is -0.150. The van der Waals surface area contributed by atoms with Gasteiger partial charge < -0.3 is 4.74 Å². The highest BCUT2D eigenvalue weighted by Gasteiger charge is 2.39. The smallest absolute Gasteiger partial charge is 0.410 e. The average molecular weight is 405 g/mol. The monoisotopic (exact) mass is 404 g/mol. The van der Waals surface area contributed by atoms with Gasteiger partial charge in [0.2, 0.25) is 0 Å². The summed E-state index contributed by atoms with van der Waals surface area (Å²) in [6.45, 7) is 8.35. The molecule has 2 bridgehead atoms. The highest BCUT2D eigenvalue weighted by molar-refractivity contribution is 5.70. The fraction of sp³-hybridized carbons (Fsp3) is 0.500. The van der Waals surface area contributed by atoms with Crippen LogP contribution in [-0.4, -0.2) is 48.2 Å². The lowest BCUT2D eigenvalue weighted by Crippen LogP contribution is -2.53. The number of carbonyl (C=O) groups is 1. The maximum absolute atomic E-state index is 13.4. The summed E-state index contributed by atoms with van der Waals surface area (Å²) < 4.78 is 6.15. The molecule has 0 radical (unpaired) electrons. The van der Waals surface area contributed by atoms with Crippen molar-refractivity contribution < 1.29 is 9.53 Å². The second-order valence-corrected chi connectivity index (χ2v) is 9.43. The van der Waals surface area contributed by atoms with Gasteiger partial charge >= 0.3 is 6.09 Å². The Morgan fingerprint density at radius 2 is 1.80 bits per heavy atom. The molecule has 3 fully saturated rings. The van der Waals surface area contributed by atoms with Gasteiger partial charge in [-0.15, -0.1) is 0 Å². The molecule has 4 aliphatic rings. The van der Waals surface area contributed by atoms with E-state index >= 15 is 0 Å². The number of rotatable bonds is 3. The van der Waals surface area contributed by atoms with Crippen LogP contribution in [0.2, 0.25) is 0 Å². The molecule has 1 amide bonds. The predicted molar refractivity (Wildman–Crippen MR) is 119 cm³/mol. The number of hydrogen-bond acceptors (Lipinski definition) is 3. The van der Waals surface area contributed by atoms with Gasteiger partial charge in [0.15, 0.2) is 0 Å². The summed E-state index contributed by atoms with van der Waals surface area (Å²) in [5.41, 5.74) is 5.08. The zero-order valence-electron chi connectivity index (χ0n) is 18.1. The van der Waals surface area contributed by atoms with E-state index in [1.54, 1.807) is 0 Å². The van der Waals surface area contributed by atoms with Crippen molar-refractivity contribution in [1.82, 2.24) is 9.80 Å². The van der Waals surface area contributed by atoms with Crippen LogP contribution in [0.5, 0.6) is 0 Å². The Morgan fingerprint density at radius 1 is 1.03 bits per heavy atom. The Bertz CT molecular complexity index is 903. The third-order valence-corrected chi connectivity index (χ3v) is 7.26. The SMILES string of the molecule is CC(C)c1ccc2c(c1)[C@H](c1ccccc1)N(C(=O)O[C@H]1CN3CCC1CC3)CC2. The molecule has 3 saturated heterocycles. The molecule has 4 heterocycles. The van der Waals surface area contributed by atoms with E-state index in [9.17, 15) is 4.79 Å². The molecule has 2 atom stereocenters. The van der Waals surface area contributed by atoms with Gasteiger partial charge in [0.1, 0.15) is 6.10 Å². The molecule has 30 heavy (non-hydrogen) atoms. The first-order chi connectivity index (χ1) is 14.6. The summed E-state index contributed by atoms with van der Waals surface area (Å²) in [5, 5.41) is 0. The van der Waals surface area contributed by atoms with Gasteiger partial charge in [-0.25, -0.2) is 4.79 Å². The largest absolute Gasteiger partial charge is 0.444 e. The van der Waals surface area contributed by atoms with Crippen LogP contribution in [0.25, 0.3) is 0 Å². The second-order valence-electron chi connectivity index (χ2n) is 9.43. The van der Waals surface area contributed by atoms with E-state index < -0.39 is 0 Å². The number of fused-ring (bicyclic) bond motifs is 4. The van der Waals surface area contributed by atoms with Gasteiger partial charge in [0.05, 0.1) is 6.04 Å². The molecule has 0 aromatic heterocycles. The number of carbonyl (C=O) groups excluding carboxylic acids is 1. The Morgan fingerprint density at radius 3 is 2.47 bits per heavy atom. The molecule has 0 N–H and O–H groups in total. The van der Waals surface area contributed by atoms with Crippen molar-refractivity contribution in [1.29, 1.82) is 0 Å². The quantitative estimate of drug-likeness (QED) is 0.723. The van der Waals surface area contributed by atoms with E-state index in [4.69, 9.17) is 4.74 Å². The van der Waals surface area contributed by atoms with Crippen molar-refractivity contribution >= 4 is 6.09 Å². The molecule has 0 unspecified atom stereocenters. The molecule has 158 valence electrons. The van der Waals surface area contributed by atoms with Crippen molar-refractivity contribution in [2.45, 2.75) is 51.2 Å². The van der Waals surface area contributed by atoms with Crippen LogP contribution < -0.4 is 0 Å². The molecule has 0 aliphatic carbocycles. The van der Waals surface area contributed by atoms with E-state index in [2.05, 4.69) is 61.2 Å². The van der Waals surface area contributed by atoms with Crippen molar-refractivity contribution in [3.05, 3.63) is 70.8 Å². The molecule has 2 aromatic carbocycles. The highest BCUT2D eigenvalue weighted by atomic mass is 16.6. The van der Waals surface area contributed by atoms with Crippen LogP contribution in [-0.2, 0) is 11.2 Å². The number of nitrogens with zero attached hydrogens (tertiary/aromatic N) is 2. The molecular formula is C26H32N2O2. The standard InChI is InChI=1S/C26H32N2O2/c1-18(2)22-9-8-19-12-15-28(25(23(19)16-22)21-6-4-3-5-7-21)26(29)30-24-17-27-13-10-20(24)11-14-27/h3-9,16,18,20,24-25H,10-15,17H2,1-2H3/t24-,25-/m0/s1. The normalized spacial score (nSPS) is 27.8. The molecule has 0 saturated carbocycles. The van der Waals surface area contributed by atoms with Crippen molar-refractivity contribution in [2.24, 2.45) is 5.92 Å². The third-order valence-electron chi connectivity index (χ3n) is 7.26. The summed E-state index contributed by atoms with van der Waals surface area (Å²) >= 11 is 0. The van der Waals surface area contributed by atoms with Gasteiger partial charge in [-0.2, -0.15) is 0 Å². The van der Waals surface area contributed by atoms with Crippen molar-refractivity contribution in [2.75, 3.05) is 26.2 Å². The van der Waals surface area contributed by atoms with Gasteiger partial charge in [-0.3, -0.25) is 9.80 Å². The maximum Gasteiger partial charge on any atom is 0.410 e. The Labute approximate surface area is 179 Å². The third kappa shape index (κ3) is 3.62. The van der Waals surface area contributed by atoms with E-state index in [0.717, 1.165) is 44.5 Å². The summed E-state index contributed by atoms with van der Waals surface area (Å²) in [7, 11) is 0. The maximum atomic E-state index is 13.4. The molecule has 6 rings (SSSR count). The van der Waals surface area contributed by atoms with Crippen LogP contribution >= 0.6 is 0 Å². The second kappa shape index (κ2) is 8.07. The Hall–Kier alpha value is -2.33. The van der Waals surface area contributed by atoms with Crippen molar-refractivity contribution in [3.8, 4) is 0 Å². The number of ether oxygens (including phenoxy) is 1. The van der Waals surface area contributed by atoms with Gasteiger partial charge in [0.25, 0.3) is 0 Å². The molecule has 4 aliphatic heterocycles. The Balaban J connectivity index is 1.46. The molecular weight excluding hydrogens is 372 g/mol. The summed E-state index contributed by atoms with van der Waals surface area (Å²) in [5.74, 6) is 0.986. The minimum absolute atomic E-state index is 0.0415. The van der Waals surface area contributed by atoms with E-state index in [1.807, 2.05) is 11.0 Å². The number of amides is 1. The fourth-order valence-electron chi connectivity index (χ4n) is 5.43. The van der Waals surface area contributed by atoms with E-state index in [1.165, 1.54) is 16.7 Å².